The minimum atomic E-state index is -0.675. The zero-order valence-corrected chi connectivity index (χ0v) is 15.4. The molecule has 2 aromatic carbocycles. The molecular weight excluding hydrogens is 362 g/mol. The average Bonchev–Trinajstić information content (AvgIpc) is 3.04. The van der Waals surface area contributed by atoms with Crippen LogP contribution in [0, 0.1) is 0 Å². The summed E-state index contributed by atoms with van der Waals surface area (Å²) in [6.07, 6.45) is 1.22. The number of para-hydroxylation sites is 1. The molecule has 1 heterocycles. The highest BCUT2D eigenvalue weighted by atomic mass is 16.5. The number of esters is 1. The number of hydrogen-bond donors (Lipinski definition) is 2. The number of benzene rings is 2. The van der Waals surface area contributed by atoms with E-state index in [2.05, 4.69) is 10.1 Å². The normalized spacial score (nSPS) is 10.9. The van der Waals surface area contributed by atoms with Gasteiger partial charge in [0.15, 0.2) is 5.69 Å². The fraction of sp³-hybridized carbons (Fsp3) is 0.150. The van der Waals surface area contributed by atoms with E-state index in [0.717, 1.165) is 0 Å². The molecule has 0 radical (unpaired) electrons. The van der Waals surface area contributed by atoms with Gasteiger partial charge in [-0.3, -0.25) is 14.9 Å². The standard InChI is InChI=1S/C20H19N3O5/c1-3-28-20(26)18-15(12-21-16-11-14(27-2)9-10-17(16)24)19(25)23(22-18)13-7-5-4-6-8-13/h4-12,22,24H,3H2,1-2H3. The van der Waals surface area contributed by atoms with E-state index in [1.165, 1.54) is 30.1 Å². The van der Waals surface area contributed by atoms with Crippen LogP contribution in [0.15, 0.2) is 58.3 Å². The third-order valence-corrected chi connectivity index (χ3v) is 3.94. The summed E-state index contributed by atoms with van der Waals surface area (Å²) in [5, 5.41) is 12.7. The van der Waals surface area contributed by atoms with Gasteiger partial charge in [-0.1, -0.05) is 18.2 Å². The fourth-order valence-electron chi connectivity index (χ4n) is 2.56. The largest absolute Gasteiger partial charge is 0.506 e. The Balaban J connectivity index is 2.10. The first kappa shape index (κ1) is 19.0. The van der Waals surface area contributed by atoms with E-state index in [0.29, 0.717) is 11.4 Å². The molecule has 0 aliphatic rings. The van der Waals surface area contributed by atoms with Gasteiger partial charge in [0.25, 0.3) is 5.56 Å². The molecular formula is C20H19N3O5. The van der Waals surface area contributed by atoms with Gasteiger partial charge >= 0.3 is 5.97 Å². The molecule has 0 spiro atoms. The number of aromatic hydroxyl groups is 1. The van der Waals surface area contributed by atoms with Crippen molar-refractivity contribution >= 4 is 17.9 Å². The molecule has 8 heteroatoms. The Morgan fingerprint density at radius 1 is 1.25 bits per heavy atom. The van der Waals surface area contributed by atoms with Crippen LogP contribution in [0.2, 0.25) is 0 Å². The van der Waals surface area contributed by atoms with E-state index in [1.54, 1.807) is 37.3 Å². The lowest BCUT2D eigenvalue weighted by Crippen LogP contribution is -2.17. The molecule has 3 rings (SSSR count). The molecule has 0 unspecified atom stereocenters. The molecule has 144 valence electrons. The van der Waals surface area contributed by atoms with E-state index in [9.17, 15) is 14.7 Å². The summed E-state index contributed by atoms with van der Waals surface area (Å²) in [5.41, 5.74) is 0.273. The van der Waals surface area contributed by atoms with Crippen molar-refractivity contribution in [2.75, 3.05) is 13.7 Å². The number of phenols is 1. The first-order chi connectivity index (χ1) is 13.5. The van der Waals surface area contributed by atoms with Crippen molar-refractivity contribution in [3.63, 3.8) is 0 Å². The van der Waals surface area contributed by atoms with E-state index in [-0.39, 0.29) is 29.3 Å². The first-order valence-corrected chi connectivity index (χ1v) is 8.53. The maximum absolute atomic E-state index is 12.9. The molecule has 2 N–H and O–H groups in total. The number of aromatic nitrogens is 2. The number of carbonyl (C=O) groups excluding carboxylic acids is 1. The fourth-order valence-corrected chi connectivity index (χ4v) is 2.56. The number of hydrogen-bond acceptors (Lipinski definition) is 6. The van der Waals surface area contributed by atoms with Crippen molar-refractivity contribution < 1.29 is 19.4 Å². The van der Waals surface area contributed by atoms with E-state index < -0.39 is 11.5 Å². The molecule has 0 fully saturated rings. The van der Waals surface area contributed by atoms with Crippen LogP contribution in [-0.2, 0) is 4.74 Å². The van der Waals surface area contributed by atoms with Gasteiger partial charge in [-0.15, -0.1) is 0 Å². The monoisotopic (exact) mass is 381 g/mol. The van der Waals surface area contributed by atoms with Gasteiger partial charge in [0.1, 0.15) is 17.2 Å². The number of nitrogens with one attached hydrogen (secondary N) is 1. The van der Waals surface area contributed by atoms with Gasteiger partial charge in [0, 0.05) is 12.3 Å². The Hall–Kier alpha value is -3.81. The Morgan fingerprint density at radius 3 is 2.68 bits per heavy atom. The second-order valence-corrected chi connectivity index (χ2v) is 5.71. The number of aromatic amines is 1. The van der Waals surface area contributed by atoms with Crippen LogP contribution >= 0.6 is 0 Å². The van der Waals surface area contributed by atoms with Crippen LogP contribution < -0.4 is 10.3 Å². The average molecular weight is 381 g/mol. The molecule has 8 nitrogen and oxygen atoms in total. The van der Waals surface area contributed by atoms with Gasteiger partial charge in [-0.25, -0.2) is 9.48 Å². The van der Waals surface area contributed by atoms with E-state index in [4.69, 9.17) is 9.47 Å². The third-order valence-electron chi connectivity index (χ3n) is 3.94. The predicted molar refractivity (Wildman–Crippen MR) is 104 cm³/mol. The Bertz CT molecular complexity index is 1070. The number of aliphatic imine (C=N–C) groups is 1. The van der Waals surface area contributed by atoms with Gasteiger partial charge in [-0.2, -0.15) is 0 Å². The maximum Gasteiger partial charge on any atom is 0.357 e. The highest BCUT2D eigenvalue weighted by Gasteiger charge is 2.21. The van der Waals surface area contributed by atoms with Crippen molar-refractivity contribution in [1.82, 2.24) is 9.78 Å². The molecule has 0 aliphatic carbocycles. The highest BCUT2D eigenvalue weighted by Crippen LogP contribution is 2.30. The van der Waals surface area contributed by atoms with Gasteiger partial charge in [0.2, 0.25) is 0 Å². The quantitative estimate of drug-likeness (QED) is 0.504. The molecule has 0 saturated carbocycles. The Morgan fingerprint density at radius 2 is 2.00 bits per heavy atom. The Kier molecular flexibility index (Phi) is 5.59. The number of H-pyrrole nitrogens is 1. The topological polar surface area (TPSA) is 106 Å². The summed E-state index contributed by atoms with van der Waals surface area (Å²) in [7, 11) is 1.49. The molecule has 0 atom stereocenters. The SMILES string of the molecule is CCOC(=O)c1[nH]n(-c2ccccc2)c(=O)c1C=Nc1cc(OC)ccc1O. The lowest BCUT2D eigenvalue weighted by molar-refractivity contribution is 0.0519. The smallest absolute Gasteiger partial charge is 0.357 e. The maximum atomic E-state index is 12.9. The molecule has 3 aromatic rings. The summed E-state index contributed by atoms with van der Waals surface area (Å²) < 4.78 is 11.4. The van der Waals surface area contributed by atoms with Crippen LogP contribution in [0.5, 0.6) is 11.5 Å². The van der Waals surface area contributed by atoms with Gasteiger partial charge < -0.3 is 14.6 Å². The minimum absolute atomic E-state index is 0.0181. The summed E-state index contributed by atoms with van der Waals surface area (Å²) >= 11 is 0. The van der Waals surface area contributed by atoms with Crippen LogP contribution in [0.3, 0.4) is 0 Å². The van der Waals surface area contributed by atoms with Crippen LogP contribution in [0.25, 0.3) is 5.69 Å². The predicted octanol–water partition coefficient (Wildman–Crippen LogP) is 2.81. The summed E-state index contributed by atoms with van der Waals surface area (Å²) in [6, 6.07) is 13.3. The highest BCUT2D eigenvalue weighted by molar-refractivity contribution is 5.98. The number of ether oxygens (including phenoxy) is 2. The minimum Gasteiger partial charge on any atom is -0.506 e. The van der Waals surface area contributed by atoms with Crippen molar-refractivity contribution in [3.8, 4) is 17.2 Å². The Labute approximate surface area is 160 Å². The zero-order chi connectivity index (χ0) is 20.1. The number of carbonyl (C=O) groups is 1. The molecule has 28 heavy (non-hydrogen) atoms. The molecule has 0 amide bonds. The summed E-state index contributed by atoms with van der Waals surface area (Å²) in [6.45, 7) is 1.83. The third kappa shape index (κ3) is 3.80. The van der Waals surface area contributed by atoms with Crippen molar-refractivity contribution in [2.24, 2.45) is 4.99 Å². The molecule has 0 saturated heterocycles. The number of nitrogens with zero attached hydrogens (tertiary/aromatic N) is 2. The second kappa shape index (κ2) is 8.26. The molecule has 0 bridgehead atoms. The second-order valence-electron chi connectivity index (χ2n) is 5.71. The zero-order valence-electron chi connectivity index (χ0n) is 15.4. The number of phenolic OH excluding ortho intramolecular Hbond substituents is 1. The van der Waals surface area contributed by atoms with E-state index >= 15 is 0 Å². The number of methoxy groups -OCH3 is 1. The van der Waals surface area contributed by atoms with Crippen LogP contribution in [0.4, 0.5) is 5.69 Å². The lowest BCUT2D eigenvalue weighted by atomic mass is 10.2. The summed E-state index contributed by atoms with van der Waals surface area (Å²) in [5.74, 6) is -0.273. The molecule has 0 aliphatic heterocycles. The molecule has 1 aromatic heterocycles. The van der Waals surface area contributed by atoms with Gasteiger partial charge in [-0.05, 0) is 31.2 Å². The number of rotatable bonds is 6. The van der Waals surface area contributed by atoms with Gasteiger partial charge in [0.05, 0.1) is 25.0 Å². The van der Waals surface area contributed by atoms with Crippen LogP contribution in [0.1, 0.15) is 23.0 Å². The van der Waals surface area contributed by atoms with Crippen molar-refractivity contribution in [2.45, 2.75) is 6.92 Å². The van der Waals surface area contributed by atoms with E-state index in [1.807, 2.05) is 6.07 Å². The lowest BCUT2D eigenvalue weighted by Gasteiger charge is -2.03. The van der Waals surface area contributed by atoms with Crippen LogP contribution in [-0.4, -0.2) is 40.8 Å². The van der Waals surface area contributed by atoms with Crippen molar-refractivity contribution in [1.29, 1.82) is 0 Å². The van der Waals surface area contributed by atoms with Crippen molar-refractivity contribution in [3.05, 3.63) is 70.1 Å². The summed E-state index contributed by atoms with van der Waals surface area (Å²) in [4.78, 5) is 29.3. The first-order valence-electron chi connectivity index (χ1n) is 8.53.